The maximum Gasteiger partial charge on any atom is 0.227 e. The number of aryl methyl sites for hydroxylation is 1. The molecule has 4 rings (SSSR count). The van der Waals surface area contributed by atoms with Gasteiger partial charge >= 0.3 is 0 Å². The zero-order valence-corrected chi connectivity index (χ0v) is 18.7. The molecule has 8 nitrogen and oxygen atoms in total. The SMILES string of the molecule is CC(C)C(CO)Nc1nc(N2CCN(c3ccccc3C#N)CC2)nc2c1S(=O)CC2. The Kier molecular flexibility index (Phi) is 6.39. The summed E-state index contributed by atoms with van der Waals surface area (Å²) < 4.78 is 12.6. The number of nitrogens with zero attached hydrogens (tertiary/aromatic N) is 5. The molecule has 1 aromatic carbocycles. The van der Waals surface area contributed by atoms with E-state index in [2.05, 4.69) is 21.2 Å². The number of anilines is 3. The summed E-state index contributed by atoms with van der Waals surface area (Å²) in [4.78, 5) is 14.5. The number of hydrogen-bond acceptors (Lipinski definition) is 8. The number of nitrogens with one attached hydrogen (secondary N) is 1. The van der Waals surface area contributed by atoms with E-state index in [-0.39, 0.29) is 18.6 Å². The highest BCUT2D eigenvalue weighted by Gasteiger charge is 2.29. The number of fused-ring (bicyclic) bond motifs is 1. The summed E-state index contributed by atoms with van der Waals surface area (Å²) in [5.41, 5.74) is 2.48. The number of piperazine rings is 1. The highest BCUT2D eigenvalue weighted by Crippen LogP contribution is 2.31. The summed E-state index contributed by atoms with van der Waals surface area (Å²) in [5.74, 6) is 1.99. The fourth-order valence-corrected chi connectivity index (χ4v) is 5.33. The lowest BCUT2D eigenvalue weighted by atomic mass is 10.1. The van der Waals surface area contributed by atoms with Gasteiger partial charge in [-0.2, -0.15) is 10.2 Å². The van der Waals surface area contributed by atoms with Crippen molar-refractivity contribution in [3.05, 3.63) is 35.5 Å². The summed E-state index contributed by atoms with van der Waals surface area (Å²) >= 11 is 0. The van der Waals surface area contributed by atoms with Crippen molar-refractivity contribution in [2.24, 2.45) is 5.92 Å². The van der Waals surface area contributed by atoms with E-state index in [0.29, 0.717) is 34.4 Å². The van der Waals surface area contributed by atoms with Crippen molar-refractivity contribution in [1.82, 2.24) is 9.97 Å². The van der Waals surface area contributed by atoms with Crippen LogP contribution in [0.15, 0.2) is 29.2 Å². The molecule has 3 heterocycles. The van der Waals surface area contributed by atoms with Gasteiger partial charge in [-0.3, -0.25) is 4.21 Å². The number of aromatic nitrogens is 2. The Morgan fingerprint density at radius 3 is 2.58 bits per heavy atom. The van der Waals surface area contributed by atoms with Gasteiger partial charge in [-0.05, 0) is 18.1 Å². The smallest absolute Gasteiger partial charge is 0.227 e. The third kappa shape index (κ3) is 4.36. The molecule has 2 atom stereocenters. The van der Waals surface area contributed by atoms with Crippen molar-refractivity contribution in [3.8, 4) is 6.07 Å². The van der Waals surface area contributed by atoms with Gasteiger partial charge < -0.3 is 20.2 Å². The third-order valence-corrected chi connectivity index (χ3v) is 7.39. The molecule has 2 aliphatic rings. The minimum Gasteiger partial charge on any atom is -0.394 e. The standard InChI is InChI=1S/C22H28N6O2S/c1-15(2)18(14-29)24-21-20-17(7-12-31(20)30)25-22(26-21)28-10-8-27(9-11-28)19-6-4-3-5-16(19)13-23/h3-6,15,18,29H,7-12,14H2,1-2H3,(H,24,25,26). The molecule has 2 unspecified atom stereocenters. The number of nitriles is 1. The Morgan fingerprint density at radius 2 is 1.90 bits per heavy atom. The second kappa shape index (κ2) is 9.20. The van der Waals surface area contributed by atoms with Crippen LogP contribution in [0.4, 0.5) is 17.5 Å². The van der Waals surface area contributed by atoms with E-state index in [9.17, 15) is 14.6 Å². The van der Waals surface area contributed by atoms with Gasteiger partial charge in [-0.1, -0.05) is 26.0 Å². The van der Waals surface area contributed by atoms with Gasteiger partial charge in [-0.25, -0.2) is 4.98 Å². The van der Waals surface area contributed by atoms with Crippen LogP contribution in [0.5, 0.6) is 0 Å². The first-order valence-corrected chi connectivity index (χ1v) is 12.0. The van der Waals surface area contributed by atoms with Gasteiger partial charge in [-0.15, -0.1) is 0 Å². The molecule has 0 amide bonds. The van der Waals surface area contributed by atoms with Crippen LogP contribution in [0.2, 0.25) is 0 Å². The predicted molar refractivity (Wildman–Crippen MR) is 122 cm³/mol. The van der Waals surface area contributed by atoms with Crippen LogP contribution in [0, 0.1) is 17.2 Å². The van der Waals surface area contributed by atoms with E-state index >= 15 is 0 Å². The molecule has 2 N–H and O–H groups in total. The molecule has 0 bridgehead atoms. The van der Waals surface area contributed by atoms with Crippen LogP contribution in [-0.4, -0.2) is 63.9 Å². The number of rotatable bonds is 6. The second-order valence-electron chi connectivity index (χ2n) is 8.23. The van der Waals surface area contributed by atoms with Crippen molar-refractivity contribution in [1.29, 1.82) is 5.26 Å². The Morgan fingerprint density at radius 1 is 1.19 bits per heavy atom. The largest absolute Gasteiger partial charge is 0.394 e. The molecule has 0 saturated carbocycles. The lowest BCUT2D eigenvalue weighted by Crippen LogP contribution is -2.47. The number of hydrogen-bond donors (Lipinski definition) is 2. The molecule has 1 fully saturated rings. The summed E-state index contributed by atoms with van der Waals surface area (Å²) in [7, 11) is -1.12. The molecule has 0 aliphatic carbocycles. The van der Waals surface area contributed by atoms with E-state index in [0.717, 1.165) is 37.6 Å². The molecule has 1 saturated heterocycles. The van der Waals surface area contributed by atoms with E-state index in [1.54, 1.807) is 0 Å². The van der Waals surface area contributed by atoms with E-state index in [1.807, 2.05) is 38.1 Å². The normalized spacial score (nSPS) is 19.3. The molecule has 0 radical (unpaired) electrons. The first-order chi connectivity index (χ1) is 15.0. The number of aliphatic hydroxyl groups excluding tert-OH is 1. The zero-order valence-electron chi connectivity index (χ0n) is 17.9. The second-order valence-corrected chi connectivity index (χ2v) is 9.74. The Hall–Kier alpha value is -2.70. The molecule has 2 aliphatic heterocycles. The van der Waals surface area contributed by atoms with Crippen molar-refractivity contribution in [3.63, 3.8) is 0 Å². The van der Waals surface area contributed by atoms with Crippen LogP contribution in [0.1, 0.15) is 25.1 Å². The fraction of sp³-hybridized carbons (Fsp3) is 0.500. The summed E-state index contributed by atoms with van der Waals surface area (Å²) in [6.45, 7) is 7.04. The van der Waals surface area contributed by atoms with E-state index < -0.39 is 10.8 Å². The van der Waals surface area contributed by atoms with Gasteiger partial charge in [0.1, 0.15) is 16.8 Å². The zero-order chi connectivity index (χ0) is 22.0. The van der Waals surface area contributed by atoms with Crippen LogP contribution >= 0.6 is 0 Å². The first kappa shape index (κ1) is 21.5. The molecule has 164 valence electrons. The lowest BCUT2D eigenvalue weighted by molar-refractivity contribution is 0.249. The molecule has 0 spiro atoms. The number of aliphatic hydroxyl groups is 1. The van der Waals surface area contributed by atoms with Crippen LogP contribution in [0.25, 0.3) is 0 Å². The van der Waals surface area contributed by atoms with Crippen LogP contribution < -0.4 is 15.1 Å². The minimum absolute atomic E-state index is 0.0185. The summed E-state index contributed by atoms with van der Waals surface area (Å²) in [5, 5.41) is 22.5. The lowest BCUT2D eigenvalue weighted by Gasteiger charge is -2.36. The molecule has 2 aromatic rings. The van der Waals surface area contributed by atoms with Gasteiger partial charge in [0.05, 0.1) is 40.4 Å². The van der Waals surface area contributed by atoms with Crippen LogP contribution in [-0.2, 0) is 17.2 Å². The maximum absolute atomic E-state index is 12.6. The topological polar surface area (TPSA) is 105 Å². The number of benzene rings is 1. The number of para-hydroxylation sites is 1. The monoisotopic (exact) mass is 440 g/mol. The molecular formula is C22H28N6O2S. The predicted octanol–water partition coefficient (Wildman–Crippen LogP) is 1.77. The third-order valence-electron chi connectivity index (χ3n) is 5.93. The van der Waals surface area contributed by atoms with E-state index in [1.165, 1.54) is 0 Å². The quantitative estimate of drug-likeness (QED) is 0.700. The summed E-state index contributed by atoms with van der Waals surface area (Å²) in [6.07, 6.45) is 0.674. The highest BCUT2D eigenvalue weighted by atomic mass is 32.2. The fourth-order valence-electron chi connectivity index (χ4n) is 4.01. The first-order valence-electron chi connectivity index (χ1n) is 10.7. The van der Waals surface area contributed by atoms with Crippen molar-refractivity contribution >= 4 is 28.3 Å². The van der Waals surface area contributed by atoms with Crippen LogP contribution in [0.3, 0.4) is 0 Å². The van der Waals surface area contributed by atoms with Gasteiger partial charge in [0, 0.05) is 38.4 Å². The van der Waals surface area contributed by atoms with Crippen molar-refractivity contribution < 1.29 is 9.32 Å². The van der Waals surface area contributed by atoms with E-state index in [4.69, 9.17) is 9.97 Å². The Labute approximate surface area is 185 Å². The van der Waals surface area contributed by atoms with Crippen molar-refractivity contribution in [2.75, 3.05) is 53.7 Å². The Bertz CT molecular complexity index is 1010. The maximum atomic E-state index is 12.6. The van der Waals surface area contributed by atoms with Gasteiger partial charge in [0.25, 0.3) is 0 Å². The van der Waals surface area contributed by atoms with Crippen molar-refractivity contribution in [2.45, 2.75) is 31.2 Å². The average Bonchev–Trinajstić information content (AvgIpc) is 3.18. The van der Waals surface area contributed by atoms with Gasteiger partial charge in [0.2, 0.25) is 5.95 Å². The minimum atomic E-state index is -1.12. The van der Waals surface area contributed by atoms with Gasteiger partial charge in [0.15, 0.2) is 0 Å². The summed E-state index contributed by atoms with van der Waals surface area (Å²) in [6, 6.07) is 9.77. The Balaban J connectivity index is 1.56. The molecule has 9 heteroatoms. The molecular weight excluding hydrogens is 412 g/mol. The average molecular weight is 441 g/mol. The highest BCUT2D eigenvalue weighted by molar-refractivity contribution is 7.85. The molecule has 31 heavy (non-hydrogen) atoms. The molecule has 1 aromatic heterocycles.